The van der Waals surface area contributed by atoms with Gasteiger partial charge >= 0.3 is 0 Å². The molecule has 0 N–H and O–H groups in total. The minimum atomic E-state index is -0.161. The van der Waals surface area contributed by atoms with Gasteiger partial charge in [-0.25, -0.2) is 0 Å². The molecule has 3 heterocycles. The Balaban J connectivity index is 1.60. The molecule has 0 saturated carbocycles. The number of carbonyl (C=O) groups excluding carboxylic acids is 1. The van der Waals surface area contributed by atoms with Crippen LogP contribution in [0.25, 0.3) is 0 Å². The van der Waals surface area contributed by atoms with E-state index < -0.39 is 0 Å². The van der Waals surface area contributed by atoms with Crippen LogP contribution >= 0.6 is 11.8 Å². The van der Waals surface area contributed by atoms with Gasteiger partial charge in [0.25, 0.3) is 0 Å². The number of hydrogen-bond acceptors (Lipinski definition) is 5. The highest BCUT2D eigenvalue weighted by Gasteiger charge is 2.49. The van der Waals surface area contributed by atoms with Crippen LogP contribution in [-0.2, 0) is 14.3 Å². The molecule has 1 amide bonds. The van der Waals surface area contributed by atoms with Gasteiger partial charge in [-0.05, 0) is 32.9 Å². The number of nitrogens with zero attached hydrogens (tertiary/aromatic N) is 2. The summed E-state index contributed by atoms with van der Waals surface area (Å²) in [6.07, 6.45) is 5.63. The predicted molar refractivity (Wildman–Crippen MR) is 78.3 cm³/mol. The zero-order chi connectivity index (χ0) is 14.0. The third-order valence-electron chi connectivity index (χ3n) is 4.56. The Hall–Kier alpha value is -0.300. The summed E-state index contributed by atoms with van der Waals surface area (Å²) in [5.41, 5.74) is -0.303. The summed E-state index contributed by atoms with van der Waals surface area (Å²) >= 11 is 1.74. The lowest BCUT2D eigenvalue weighted by atomic mass is 9.96. The summed E-state index contributed by atoms with van der Waals surface area (Å²) in [6.45, 7) is 6.50. The zero-order valence-corrected chi connectivity index (χ0v) is 12.9. The number of likely N-dealkylation sites (tertiary alicyclic amines) is 1. The normalized spacial score (nSPS) is 38.5. The van der Waals surface area contributed by atoms with Crippen LogP contribution in [0.4, 0.5) is 0 Å². The first-order valence-corrected chi connectivity index (χ1v) is 8.50. The standard InChI is InChI=1S/C14H24N2O3S/c1-14-5-8-18-9-12(14)20-13(19-14)16(11-17)10-15-6-3-2-4-7-15/h11-13H,2-10H2,1H3. The van der Waals surface area contributed by atoms with Crippen molar-refractivity contribution < 1.29 is 14.3 Å². The van der Waals surface area contributed by atoms with Crippen LogP contribution in [0.3, 0.4) is 0 Å². The van der Waals surface area contributed by atoms with Crippen molar-refractivity contribution in [1.29, 1.82) is 0 Å². The molecule has 0 bridgehead atoms. The monoisotopic (exact) mass is 300 g/mol. The van der Waals surface area contributed by atoms with Crippen molar-refractivity contribution in [2.75, 3.05) is 33.0 Å². The zero-order valence-electron chi connectivity index (χ0n) is 12.1. The summed E-state index contributed by atoms with van der Waals surface area (Å²) in [7, 11) is 0. The molecule has 0 aromatic carbocycles. The number of rotatable bonds is 4. The van der Waals surface area contributed by atoms with E-state index in [1.54, 1.807) is 16.7 Å². The van der Waals surface area contributed by atoms with E-state index in [9.17, 15) is 4.79 Å². The quantitative estimate of drug-likeness (QED) is 0.736. The van der Waals surface area contributed by atoms with Gasteiger partial charge in [-0.1, -0.05) is 18.2 Å². The topological polar surface area (TPSA) is 42.0 Å². The summed E-state index contributed by atoms with van der Waals surface area (Å²) < 4.78 is 11.7. The second-order valence-corrected chi connectivity index (χ2v) is 7.37. The maximum Gasteiger partial charge on any atom is 0.213 e. The van der Waals surface area contributed by atoms with Crippen LogP contribution in [0.15, 0.2) is 0 Å². The molecule has 3 aliphatic rings. The van der Waals surface area contributed by atoms with Crippen LogP contribution in [0.1, 0.15) is 32.6 Å². The average Bonchev–Trinajstić information content (AvgIpc) is 2.83. The molecular weight excluding hydrogens is 276 g/mol. The Morgan fingerprint density at radius 1 is 1.40 bits per heavy atom. The molecule has 0 aliphatic carbocycles. The number of thioether (sulfide) groups is 1. The summed E-state index contributed by atoms with van der Waals surface area (Å²) in [4.78, 5) is 15.6. The fourth-order valence-electron chi connectivity index (χ4n) is 3.15. The first kappa shape index (κ1) is 14.6. The van der Waals surface area contributed by atoms with Crippen molar-refractivity contribution in [2.45, 2.75) is 49.0 Å². The van der Waals surface area contributed by atoms with Gasteiger partial charge in [0.05, 0.1) is 24.1 Å². The number of hydrogen-bond donors (Lipinski definition) is 0. The van der Waals surface area contributed by atoms with Crippen LogP contribution in [0, 0.1) is 0 Å². The lowest BCUT2D eigenvalue weighted by Gasteiger charge is -2.35. The Morgan fingerprint density at radius 3 is 2.90 bits per heavy atom. The van der Waals surface area contributed by atoms with E-state index in [-0.39, 0.29) is 11.2 Å². The fraction of sp³-hybridized carbons (Fsp3) is 0.929. The Labute approximate surface area is 124 Å². The highest BCUT2D eigenvalue weighted by Crippen LogP contribution is 2.45. The Kier molecular flexibility index (Phi) is 4.55. The highest BCUT2D eigenvalue weighted by atomic mass is 32.2. The van der Waals surface area contributed by atoms with Crippen molar-refractivity contribution in [3.05, 3.63) is 0 Å². The molecule has 3 unspecified atom stereocenters. The largest absolute Gasteiger partial charge is 0.380 e. The lowest BCUT2D eigenvalue weighted by molar-refractivity contribution is -0.147. The Morgan fingerprint density at radius 2 is 2.20 bits per heavy atom. The molecule has 114 valence electrons. The third-order valence-corrected chi connectivity index (χ3v) is 6.13. The molecular formula is C14H24N2O3S. The van der Waals surface area contributed by atoms with Crippen molar-refractivity contribution >= 4 is 18.2 Å². The second-order valence-electron chi connectivity index (χ2n) is 6.13. The minimum absolute atomic E-state index is 0.142. The number of carbonyl (C=O) groups is 1. The summed E-state index contributed by atoms with van der Waals surface area (Å²) in [6, 6.07) is 0. The number of amides is 1. The number of ether oxygens (including phenoxy) is 2. The van der Waals surface area contributed by atoms with Crippen LogP contribution in [-0.4, -0.2) is 65.6 Å². The maximum absolute atomic E-state index is 11.5. The number of fused-ring (bicyclic) bond motifs is 1. The van der Waals surface area contributed by atoms with Gasteiger partial charge in [0, 0.05) is 13.0 Å². The van der Waals surface area contributed by atoms with Crippen molar-refractivity contribution in [3.63, 3.8) is 0 Å². The minimum Gasteiger partial charge on any atom is -0.380 e. The molecule has 3 aliphatic heterocycles. The fourth-order valence-corrected chi connectivity index (χ4v) is 4.61. The molecule has 20 heavy (non-hydrogen) atoms. The van der Waals surface area contributed by atoms with Crippen molar-refractivity contribution in [2.24, 2.45) is 0 Å². The first-order chi connectivity index (χ1) is 9.71. The van der Waals surface area contributed by atoms with Crippen LogP contribution < -0.4 is 0 Å². The first-order valence-electron chi connectivity index (χ1n) is 7.56. The highest BCUT2D eigenvalue weighted by molar-refractivity contribution is 8.00. The van der Waals surface area contributed by atoms with Gasteiger partial charge in [-0.3, -0.25) is 14.6 Å². The molecule has 0 aromatic rings. The molecule has 0 spiro atoms. The molecule has 3 atom stereocenters. The molecule has 3 saturated heterocycles. The van der Waals surface area contributed by atoms with E-state index in [0.29, 0.717) is 11.9 Å². The number of piperidine rings is 1. The SMILES string of the molecule is CC12CCOCC1SC(N(C=O)CN1CCCCC1)O2. The van der Waals surface area contributed by atoms with E-state index in [2.05, 4.69) is 11.8 Å². The van der Waals surface area contributed by atoms with E-state index >= 15 is 0 Å². The van der Waals surface area contributed by atoms with Gasteiger partial charge in [0.15, 0.2) is 5.56 Å². The molecule has 3 fully saturated rings. The molecule has 6 heteroatoms. The predicted octanol–water partition coefficient (Wildman–Crippen LogP) is 1.48. The van der Waals surface area contributed by atoms with Gasteiger partial charge < -0.3 is 9.47 Å². The van der Waals surface area contributed by atoms with E-state index in [0.717, 1.165) is 39.1 Å². The molecule has 5 nitrogen and oxygen atoms in total. The third kappa shape index (κ3) is 2.98. The smallest absolute Gasteiger partial charge is 0.213 e. The molecule has 0 aromatic heterocycles. The summed E-state index contributed by atoms with van der Waals surface area (Å²) in [5.74, 6) is 0. The van der Waals surface area contributed by atoms with Crippen LogP contribution in [0.5, 0.6) is 0 Å². The van der Waals surface area contributed by atoms with Crippen molar-refractivity contribution in [3.8, 4) is 0 Å². The van der Waals surface area contributed by atoms with Gasteiger partial charge in [0.2, 0.25) is 6.41 Å². The van der Waals surface area contributed by atoms with Crippen LogP contribution in [0.2, 0.25) is 0 Å². The van der Waals surface area contributed by atoms with E-state index in [1.165, 1.54) is 19.3 Å². The maximum atomic E-state index is 11.5. The molecule has 0 radical (unpaired) electrons. The summed E-state index contributed by atoms with van der Waals surface area (Å²) in [5, 5.41) is 0.338. The van der Waals surface area contributed by atoms with Gasteiger partial charge in [-0.2, -0.15) is 0 Å². The lowest BCUT2D eigenvalue weighted by Crippen LogP contribution is -2.46. The van der Waals surface area contributed by atoms with Crippen molar-refractivity contribution in [1.82, 2.24) is 9.80 Å². The Bertz CT molecular complexity index is 351. The van der Waals surface area contributed by atoms with Gasteiger partial charge in [-0.15, -0.1) is 0 Å². The second kappa shape index (κ2) is 6.22. The van der Waals surface area contributed by atoms with E-state index in [4.69, 9.17) is 9.47 Å². The average molecular weight is 300 g/mol. The van der Waals surface area contributed by atoms with E-state index in [1.807, 2.05) is 0 Å². The molecule has 3 rings (SSSR count). The van der Waals surface area contributed by atoms with Gasteiger partial charge in [0.1, 0.15) is 0 Å².